The Hall–Kier alpha value is -2.25. The van der Waals surface area contributed by atoms with E-state index in [1.54, 1.807) is 0 Å². The predicted molar refractivity (Wildman–Crippen MR) is 98.0 cm³/mol. The van der Waals surface area contributed by atoms with Gasteiger partial charge in [0.05, 0.1) is 4.90 Å². The zero-order chi connectivity index (χ0) is 18.6. The second-order valence-corrected chi connectivity index (χ2v) is 8.16. The first kappa shape index (κ1) is 18.5. The van der Waals surface area contributed by atoms with Crippen molar-refractivity contribution >= 4 is 21.6 Å². The van der Waals surface area contributed by atoms with Crippen molar-refractivity contribution in [3.63, 3.8) is 0 Å². The normalized spacial score (nSPS) is 15.6. The minimum absolute atomic E-state index is 0.0129. The lowest BCUT2D eigenvalue weighted by molar-refractivity contribution is 0.102. The van der Waals surface area contributed by atoms with Gasteiger partial charge in [0, 0.05) is 17.3 Å². The summed E-state index contributed by atoms with van der Waals surface area (Å²) in [5.41, 5.74) is 0.636. The topological polar surface area (TPSA) is 75.3 Å². The summed E-state index contributed by atoms with van der Waals surface area (Å²) in [4.78, 5) is 12.3. The molecule has 7 heteroatoms. The van der Waals surface area contributed by atoms with Crippen LogP contribution in [0.4, 0.5) is 10.1 Å². The van der Waals surface area contributed by atoms with E-state index in [4.69, 9.17) is 0 Å². The molecule has 0 atom stereocenters. The molecule has 26 heavy (non-hydrogen) atoms. The Balaban J connectivity index is 1.66. The fourth-order valence-electron chi connectivity index (χ4n) is 3.06. The highest BCUT2D eigenvalue weighted by molar-refractivity contribution is 7.89. The SMILES string of the molecule is O=C(Nc1ccc(S(=O)(=O)NC2CCCCC2)cc1)c1cccc(F)c1. The molecule has 0 bridgehead atoms. The molecular weight excluding hydrogens is 355 g/mol. The van der Waals surface area contributed by atoms with Gasteiger partial charge in [-0.3, -0.25) is 4.79 Å². The van der Waals surface area contributed by atoms with Gasteiger partial charge in [0.1, 0.15) is 5.82 Å². The lowest BCUT2D eigenvalue weighted by Gasteiger charge is -2.22. The molecule has 0 saturated heterocycles. The standard InChI is InChI=1S/C19H21FN2O3S/c20-15-6-4-5-14(13-15)19(23)21-16-9-11-18(12-10-16)26(24,25)22-17-7-2-1-3-8-17/h4-6,9-13,17,22H,1-3,7-8H2,(H,21,23). The Labute approximate surface area is 152 Å². The number of carbonyl (C=O) groups excluding carboxylic acids is 1. The minimum atomic E-state index is -3.58. The second-order valence-electron chi connectivity index (χ2n) is 6.45. The Morgan fingerprint density at radius 2 is 1.69 bits per heavy atom. The molecule has 3 rings (SSSR count). The van der Waals surface area contributed by atoms with Gasteiger partial charge in [0.15, 0.2) is 0 Å². The molecule has 0 spiro atoms. The van der Waals surface area contributed by atoms with Crippen molar-refractivity contribution in [2.45, 2.75) is 43.0 Å². The number of nitrogens with one attached hydrogen (secondary N) is 2. The lowest BCUT2D eigenvalue weighted by Crippen LogP contribution is -2.36. The van der Waals surface area contributed by atoms with Crippen molar-refractivity contribution in [3.05, 3.63) is 59.9 Å². The van der Waals surface area contributed by atoms with Gasteiger partial charge in [-0.05, 0) is 55.3 Å². The molecule has 1 aliphatic carbocycles. The highest BCUT2D eigenvalue weighted by atomic mass is 32.2. The number of benzene rings is 2. The third-order valence-corrected chi connectivity index (χ3v) is 5.97. The van der Waals surface area contributed by atoms with Crippen molar-refractivity contribution < 1.29 is 17.6 Å². The molecule has 2 N–H and O–H groups in total. The van der Waals surface area contributed by atoms with Crippen LogP contribution >= 0.6 is 0 Å². The summed E-state index contributed by atoms with van der Waals surface area (Å²) in [5.74, 6) is -0.951. The van der Waals surface area contributed by atoms with E-state index in [9.17, 15) is 17.6 Å². The summed E-state index contributed by atoms with van der Waals surface area (Å²) in [5, 5.41) is 2.62. The monoisotopic (exact) mass is 376 g/mol. The molecular formula is C19H21FN2O3S. The third kappa shape index (κ3) is 4.68. The Morgan fingerprint density at radius 3 is 2.35 bits per heavy atom. The highest BCUT2D eigenvalue weighted by Gasteiger charge is 2.21. The summed E-state index contributed by atoms with van der Waals surface area (Å²) in [6.07, 6.45) is 4.95. The summed E-state index contributed by atoms with van der Waals surface area (Å²) < 4.78 is 40.8. The van der Waals surface area contributed by atoms with Crippen LogP contribution in [0.2, 0.25) is 0 Å². The number of amides is 1. The van der Waals surface area contributed by atoms with Gasteiger partial charge in [0.25, 0.3) is 5.91 Å². The van der Waals surface area contributed by atoms with E-state index in [2.05, 4.69) is 10.0 Å². The number of sulfonamides is 1. The molecule has 1 aliphatic rings. The van der Waals surface area contributed by atoms with E-state index >= 15 is 0 Å². The van der Waals surface area contributed by atoms with Gasteiger partial charge in [-0.15, -0.1) is 0 Å². The van der Waals surface area contributed by atoms with Crippen molar-refractivity contribution in [1.82, 2.24) is 4.72 Å². The van der Waals surface area contributed by atoms with Crippen LogP contribution in [0.3, 0.4) is 0 Å². The van der Waals surface area contributed by atoms with Crippen LogP contribution in [-0.2, 0) is 10.0 Å². The molecule has 0 radical (unpaired) electrons. The average molecular weight is 376 g/mol. The zero-order valence-electron chi connectivity index (χ0n) is 14.2. The number of hydrogen-bond acceptors (Lipinski definition) is 3. The van der Waals surface area contributed by atoms with Crippen molar-refractivity contribution in [3.8, 4) is 0 Å². The van der Waals surface area contributed by atoms with Gasteiger partial charge in [-0.2, -0.15) is 0 Å². The summed E-state index contributed by atoms with van der Waals surface area (Å²) in [7, 11) is -3.58. The summed E-state index contributed by atoms with van der Waals surface area (Å²) >= 11 is 0. The van der Waals surface area contributed by atoms with Crippen molar-refractivity contribution in [1.29, 1.82) is 0 Å². The van der Waals surface area contributed by atoms with Crippen LogP contribution in [0.15, 0.2) is 53.4 Å². The van der Waals surface area contributed by atoms with Gasteiger partial charge in [-0.25, -0.2) is 17.5 Å². The first-order chi connectivity index (χ1) is 12.4. The quantitative estimate of drug-likeness (QED) is 0.836. The first-order valence-corrected chi connectivity index (χ1v) is 10.1. The van der Waals surface area contributed by atoms with Crippen LogP contribution in [-0.4, -0.2) is 20.4 Å². The first-order valence-electron chi connectivity index (χ1n) is 8.63. The van der Waals surface area contributed by atoms with Crippen molar-refractivity contribution in [2.75, 3.05) is 5.32 Å². The fourth-order valence-corrected chi connectivity index (χ4v) is 4.36. The fraction of sp³-hybridized carbons (Fsp3) is 0.316. The maximum Gasteiger partial charge on any atom is 0.255 e. The number of carbonyl (C=O) groups is 1. The van der Waals surface area contributed by atoms with Crippen LogP contribution < -0.4 is 10.0 Å². The smallest absolute Gasteiger partial charge is 0.255 e. The van der Waals surface area contributed by atoms with Crippen molar-refractivity contribution in [2.24, 2.45) is 0 Å². The zero-order valence-corrected chi connectivity index (χ0v) is 15.1. The molecule has 0 heterocycles. The lowest BCUT2D eigenvalue weighted by atomic mass is 9.96. The van der Waals surface area contributed by atoms with Gasteiger partial charge < -0.3 is 5.32 Å². The Bertz CT molecular complexity index is 876. The maximum atomic E-state index is 13.2. The minimum Gasteiger partial charge on any atom is -0.322 e. The average Bonchev–Trinajstić information content (AvgIpc) is 2.62. The van der Waals surface area contributed by atoms with E-state index in [0.717, 1.165) is 38.2 Å². The number of halogens is 1. The van der Waals surface area contributed by atoms with Gasteiger partial charge >= 0.3 is 0 Å². The third-order valence-electron chi connectivity index (χ3n) is 4.44. The van der Waals surface area contributed by atoms with Crippen LogP contribution in [0.1, 0.15) is 42.5 Å². The van der Waals surface area contributed by atoms with E-state index < -0.39 is 21.7 Å². The van der Waals surface area contributed by atoms with Crippen LogP contribution in [0, 0.1) is 5.82 Å². The van der Waals surface area contributed by atoms with Crippen LogP contribution in [0.25, 0.3) is 0 Å². The Morgan fingerprint density at radius 1 is 1.00 bits per heavy atom. The largest absolute Gasteiger partial charge is 0.322 e. The predicted octanol–water partition coefficient (Wildman–Crippen LogP) is 3.69. The Kier molecular flexibility index (Phi) is 5.68. The maximum absolute atomic E-state index is 13.2. The summed E-state index contributed by atoms with van der Waals surface area (Å²) in [6, 6.07) is 11.3. The molecule has 0 aromatic heterocycles. The van der Waals surface area contributed by atoms with E-state index in [0.29, 0.717) is 5.69 Å². The second kappa shape index (κ2) is 7.97. The molecule has 138 valence electrons. The number of hydrogen-bond donors (Lipinski definition) is 2. The molecule has 1 saturated carbocycles. The number of anilines is 1. The highest BCUT2D eigenvalue weighted by Crippen LogP contribution is 2.21. The van der Waals surface area contributed by atoms with Crippen LogP contribution in [0.5, 0.6) is 0 Å². The molecule has 1 amide bonds. The molecule has 2 aromatic carbocycles. The number of rotatable bonds is 5. The molecule has 1 fully saturated rings. The summed E-state index contributed by atoms with van der Waals surface area (Å²) in [6.45, 7) is 0. The molecule has 5 nitrogen and oxygen atoms in total. The van der Waals surface area contributed by atoms with E-state index in [1.807, 2.05) is 0 Å². The van der Waals surface area contributed by atoms with E-state index in [-0.39, 0.29) is 16.5 Å². The molecule has 0 aliphatic heterocycles. The van der Waals surface area contributed by atoms with Gasteiger partial charge in [-0.1, -0.05) is 25.3 Å². The molecule has 0 unspecified atom stereocenters. The molecule has 2 aromatic rings. The van der Waals surface area contributed by atoms with E-state index in [1.165, 1.54) is 42.5 Å². The van der Waals surface area contributed by atoms with Gasteiger partial charge in [0.2, 0.25) is 10.0 Å².